The number of nitrogens with zero attached hydrogens (tertiary/aromatic N) is 3. The molecule has 0 bridgehead atoms. The second kappa shape index (κ2) is 7.94. The summed E-state index contributed by atoms with van der Waals surface area (Å²) in [7, 11) is -1.98. The second-order valence-electron chi connectivity index (χ2n) is 5.26. The first-order valence-corrected chi connectivity index (χ1v) is 8.95. The van der Waals surface area contributed by atoms with Gasteiger partial charge in [-0.25, -0.2) is 0 Å². The van der Waals surface area contributed by atoms with Crippen molar-refractivity contribution in [2.45, 2.75) is 6.42 Å². The van der Waals surface area contributed by atoms with Crippen LogP contribution >= 0.6 is 0 Å². The van der Waals surface area contributed by atoms with E-state index >= 15 is 0 Å². The summed E-state index contributed by atoms with van der Waals surface area (Å²) in [6.45, 7) is 1.28. The molecule has 0 saturated heterocycles. The van der Waals surface area contributed by atoms with Gasteiger partial charge < -0.3 is 4.90 Å². The maximum absolute atomic E-state index is 10.7. The number of hydrogen-bond acceptors (Lipinski definition) is 5. The van der Waals surface area contributed by atoms with E-state index < -0.39 is 10.1 Å². The highest BCUT2D eigenvalue weighted by Gasteiger charge is 2.07. The van der Waals surface area contributed by atoms with Crippen LogP contribution in [0.5, 0.6) is 0 Å². The normalized spacial score (nSPS) is 15.0. The Kier molecular flexibility index (Phi) is 5.95. The minimum atomic E-state index is -3.87. The Hall–Kier alpha value is -2.12. The van der Waals surface area contributed by atoms with Crippen LogP contribution in [-0.4, -0.2) is 50.0 Å². The molecule has 1 heterocycles. The van der Waals surface area contributed by atoms with Gasteiger partial charge in [0.05, 0.1) is 17.7 Å². The zero-order valence-corrected chi connectivity index (χ0v) is 13.9. The number of benzene rings is 1. The van der Waals surface area contributed by atoms with Gasteiger partial charge in [0.2, 0.25) is 0 Å². The standard InChI is InChI=1S/C16H21N3O3S/c1-18(16-6-3-2-4-7-16)17-14-15-8-11-19(12-9-15)10-5-13-23(20,21)22/h2-4,6-9,11,14H,5,10,12-13H2,1H3,(H,20,21,22). The molecule has 0 unspecified atom stereocenters. The van der Waals surface area contributed by atoms with Gasteiger partial charge >= 0.3 is 0 Å². The van der Waals surface area contributed by atoms with Gasteiger partial charge in [0, 0.05) is 20.1 Å². The average Bonchev–Trinajstić information content (AvgIpc) is 2.53. The van der Waals surface area contributed by atoms with Crippen molar-refractivity contribution in [3.63, 3.8) is 0 Å². The fraction of sp³-hybridized carbons (Fsp3) is 0.312. The zero-order chi connectivity index (χ0) is 16.7. The number of para-hydroxylation sites is 1. The third-order valence-electron chi connectivity index (χ3n) is 3.40. The topological polar surface area (TPSA) is 73.2 Å². The molecule has 1 aromatic rings. The SMILES string of the molecule is CN(N=CC1=CCN(CCCS(=O)(=O)O)C=C1)c1ccccc1. The van der Waals surface area contributed by atoms with Crippen LogP contribution in [0.3, 0.4) is 0 Å². The molecule has 0 saturated carbocycles. The smallest absolute Gasteiger partial charge is 0.264 e. The van der Waals surface area contributed by atoms with Crippen LogP contribution < -0.4 is 5.01 Å². The molecule has 23 heavy (non-hydrogen) atoms. The van der Waals surface area contributed by atoms with Gasteiger partial charge in [-0.05, 0) is 36.4 Å². The maximum atomic E-state index is 10.7. The van der Waals surface area contributed by atoms with Crippen LogP contribution in [0.25, 0.3) is 0 Å². The molecule has 0 aromatic heterocycles. The zero-order valence-electron chi connectivity index (χ0n) is 13.0. The second-order valence-corrected chi connectivity index (χ2v) is 6.83. The summed E-state index contributed by atoms with van der Waals surface area (Å²) in [5.41, 5.74) is 2.01. The van der Waals surface area contributed by atoms with Crippen molar-refractivity contribution in [1.29, 1.82) is 0 Å². The predicted octanol–water partition coefficient (Wildman–Crippen LogP) is 2.14. The quantitative estimate of drug-likeness (QED) is 0.469. The molecular weight excluding hydrogens is 314 g/mol. The lowest BCUT2D eigenvalue weighted by molar-refractivity contribution is 0.405. The Balaban J connectivity index is 1.81. The first-order chi connectivity index (χ1) is 10.9. The Morgan fingerprint density at radius 2 is 2.09 bits per heavy atom. The van der Waals surface area contributed by atoms with E-state index in [1.54, 1.807) is 11.2 Å². The van der Waals surface area contributed by atoms with Crippen molar-refractivity contribution in [2.75, 3.05) is 30.9 Å². The van der Waals surface area contributed by atoms with Gasteiger partial charge in [0.15, 0.2) is 0 Å². The van der Waals surface area contributed by atoms with E-state index in [0.29, 0.717) is 19.5 Å². The Morgan fingerprint density at radius 3 is 2.70 bits per heavy atom. The Bertz CT molecular complexity index is 697. The summed E-state index contributed by atoms with van der Waals surface area (Å²) in [5.74, 6) is -0.211. The molecule has 2 rings (SSSR count). The van der Waals surface area contributed by atoms with E-state index in [4.69, 9.17) is 4.55 Å². The lowest BCUT2D eigenvalue weighted by Gasteiger charge is -2.21. The van der Waals surface area contributed by atoms with E-state index in [9.17, 15) is 8.42 Å². The number of anilines is 1. The molecule has 0 fully saturated rings. The van der Waals surface area contributed by atoms with Gasteiger partial charge in [-0.1, -0.05) is 24.3 Å². The Labute approximate surface area is 137 Å². The lowest BCUT2D eigenvalue weighted by atomic mass is 10.2. The molecule has 0 aliphatic carbocycles. The van der Waals surface area contributed by atoms with Gasteiger partial charge in [0.1, 0.15) is 0 Å². The predicted molar refractivity (Wildman–Crippen MR) is 93.2 cm³/mol. The number of hydrazone groups is 1. The summed E-state index contributed by atoms with van der Waals surface area (Å²) in [6, 6.07) is 9.86. The van der Waals surface area contributed by atoms with Crippen molar-refractivity contribution in [3.05, 3.63) is 54.3 Å². The van der Waals surface area contributed by atoms with Crippen molar-refractivity contribution >= 4 is 22.0 Å². The molecule has 1 aliphatic rings. The third kappa shape index (κ3) is 6.25. The van der Waals surface area contributed by atoms with E-state index in [-0.39, 0.29) is 5.75 Å². The molecule has 1 N–H and O–H groups in total. The summed E-state index contributed by atoms with van der Waals surface area (Å²) >= 11 is 0. The first-order valence-electron chi connectivity index (χ1n) is 7.34. The van der Waals surface area contributed by atoms with Crippen molar-refractivity contribution in [1.82, 2.24) is 4.90 Å². The lowest BCUT2D eigenvalue weighted by Crippen LogP contribution is -2.23. The Morgan fingerprint density at radius 1 is 1.35 bits per heavy atom. The van der Waals surface area contributed by atoms with Crippen LogP contribution in [0.1, 0.15) is 6.42 Å². The number of allylic oxidation sites excluding steroid dienone is 2. The minimum absolute atomic E-state index is 0.211. The maximum Gasteiger partial charge on any atom is 0.264 e. The largest absolute Gasteiger partial charge is 0.374 e. The summed E-state index contributed by atoms with van der Waals surface area (Å²) in [4.78, 5) is 1.99. The van der Waals surface area contributed by atoms with Crippen LogP contribution in [-0.2, 0) is 10.1 Å². The molecule has 1 aliphatic heterocycles. The summed E-state index contributed by atoms with van der Waals surface area (Å²) in [5, 5.41) is 6.19. The molecule has 0 amide bonds. The molecule has 0 radical (unpaired) electrons. The molecular formula is C16H21N3O3S. The van der Waals surface area contributed by atoms with E-state index in [0.717, 1.165) is 11.3 Å². The molecule has 6 nitrogen and oxygen atoms in total. The van der Waals surface area contributed by atoms with Crippen LogP contribution in [0.15, 0.2) is 59.4 Å². The molecule has 0 spiro atoms. The monoisotopic (exact) mass is 335 g/mol. The van der Waals surface area contributed by atoms with Gasteiger partial charge in [-0.2, -0.15) is 13.5 Å². The average molecular weight is 335 g/mol. The van der Waals surface area contributed by atoms with Gasteiger partial charge in [-0.3, -0.25) is 9.56 Å². The summed E-state index contributed by atoms with van der Waals surface area (Å²) in [6.07, 6.45) is 8.05. The molecule has 124 valence electrons. The minimum Gasteiger partial charge on any atom is -0.374 e. The summed E-state index contributed by atoms with van der Waals surface area (Å²) < 4.78 is 30.1. The molecule has 1 aromatic carbocycles. The molecule has 0 atom stereocenters. The van der Waals surface area contributed by atoms with E-state index in [1.807, 2.05) is 60.6 Å². The van der Waals surface area contributed by atoms with Gasteiger partial charge in [-0.15, -0.1) is 0 Å². The third-order valence-corrected chi connectivity index (χ3v) is 4.20. The van der Waals surface area contributed by atoms with Crippen LogP contribution in [0, 0.1) is 0 Å². The number of hydrogen-bond donors (Lipinski definition) is 1. The van der Waals surface area contributed by atoms with Crippen molar-refractivity contribution < 1.29 is 13.0 Å². The first kappa shape index (κ1) is 17.2. The van der Waals surface area contributed by atoms with E-state index in [2.05, 4.69) is 5.10 Å². The van der Waals surface area contributed by atoms with Crippen LogP contribution in [0.4, 0.5) is 5.69 Å². The van der Waals surface area contributed by atoms with Crippen LogP contribution in [0.2, 0.25) is 0 Å². The van der Waals surface area contributed by atoms with Crippen molar-refractivity contribution in [2.24, 2.45) is 5.10 Å². The highest BCUT2D eigenvalue weighted by Crippen LogP contribution is 2.12. The van der Waals surface area contributed by atoms with E-state index in [1.165, 1.54) is 0 Å². The number of rotatable bonds is 7. The highest BCUT2D eigenvalue weighted by molar-refractivity contribution is 7.85. The van der Waals surface area contributed by atoms with Crippen molar-refractivity contribution in [3.8, 4) is 0 Å². The molecule has 7 heteroatoms. The highest BCUT2D eigenvalue weighted by atomic mass is 32.2. The van der Waals surface area contributed by atoms with Gasteiger partial charge in [0.25, 0.3) is 10.1 Å². The fourth-order valence-corrected chi connectivity index (χ4v) is 2.61. The fourth-order valence-electron chi connectivity index (χ4n) is 2.12.